The fourth-order valence-electron chi connectivity index (χ4n) is 0.840. The summed E-state index contributed by atoms with van der Waals surface area (Å²) in [5.41, 5.74) is 0.592. The van der Waals surface area contributed by atoms with E-state index in [1.807, 2.05) is 0 Å². The Bertz CT molecular complexity index is 456. The molecule has 0 saturated heterocycles. The first-order valence-corrected chi connectivity index (χ1v) is 6.05. The lowest BCUT2D eigenvalue weighted by Crippen LogP contribution is -2.08. The van der Waals surface area contributed by atoms with Gasteiger partial charge in [-0.15, -0.1) is 0 Å². The van der Waals surface area contributed by atoms with Gasteiger partial charge in [0.15, 0.2) is 0 Å². The second-order valence-corrected chi connectivity index (χ2v) is 4.74. The molecular weight excluding hydrogens is 222 g/mol. The molecule has 0 unspecified atom stereocenters. The maximum atomic E-state index is 11.1. The molecule has 0 bridgehead atoms. The number of sulfone groups is 1. The van der Waals surface area contributed by atoms with Crippen LogP contribution in [-0.4, -0.2) is 37.1 Å². The van der Waals surface area contributed by atoms with Gasteiger partial charge in [-0.3, -0.25) is 0 Å². The highest BCUT2D eigenvalue weighted by atomic mass is 32.2. The number of anilines is 1. The van der Waals surface area contributed by atoms with Crippen LogP contribution in [-0.2, 0) is 9.84 Å². The highest BCUT2D eigenvalue weighted by molar-refractivity contribution is 7.90. The molecule has 7 heteroatoms. The lowest BCUT2D eigenvalue weighted by atomic mass is 10.3. The molecule has 1 heterocycles. The van der Waals surface area contributed by atoms with E-state index in [9.17, 15) is 8.42 Å². The summed E-state index contributed by atoms with van der Waals surface area (Å²) >= 11 is 4.71. The van der Waals surface area contributed by atoms with Crippen molar-refractivity contribution in [2.24, 2.45) is 0 Å². The van der Waals surface area contributed by atoms with Crippen molar-refractivity contribution in [3.05, 3.63) is 11.8 Å². The Labute approximate surface area is 87.5 Å². The smallest absolute Gasteiger partial charge is 0.248 e. The summed E-state index contributed by atoms with van der Waals surface area (Å²) in [7, 11) is -1.73. The Balaban J connectivity index is 3.35. The Morgan fingerprint density at radius 3 is 2.64 bits per heavy atom. The van der Waals surface area contributed by atoms with Crippen LogP contribution in [0.25, 0.3) is 0 Å². The Kier molecular flexibility index (Phi) is 3.12. The predicted octanol–water partition coefficient (Wildman–Crippen LogP) is 0.270. The topological polar surface area (TPSA) is 72.0 Å². The minimum absolute atomic E-state index is 0.206. The number of nitrogens with zero attached hydrogens (tertiary/aromatic N) is 2. The minimum Gasteiger partial charge on any atom is -0.372 e. The molecule has 76 valence electrons. The van der Waals surface area contributed by atoms with Crippen LogP contribution in [0, 0.1) is 0 Å². The third-order valence-corrected chi connectivity index (χ3v) is 2.60. The maximum absolute atomic E-state index is 11.1. The van der Waals surface area contributed by atoms with E-state index in [0.29, 0.717) is 11.4 Å². The molecule has 0 aliphatic rings. The van der Waals surface area contributed by atoms with Crippen LogP contribution in [0.5, 0.6) is 0 Å². The summed E-state index contributed by atoms with van der Waals surface area (Å²) in [5.74, 6) is 0.412. The Morgan fingerprint density at radius 2 is 2.21 bits per heavy atom. The van der Waals surface area contributed by atoms with Gasteiger partial charge in [0, 0.05) is 30.4 Å². The van der Waals surface area contributed by atoms with Crippen LogP contribution in [0.2, 0.25) is 0 Å². The van der Waals surface area contributed by atoms with E-state index < -0.39 is 9.84 Å². The van der Waals surface area contributed by atoms with Gasteiger partial charge < -0.3 is 5.32 Å². The molecule has 0 aromatic carbocycles. The summed E-state index contributed by atoms with van der Waals surface area (Å²) in [6.45, 7) is 0. The summed E-state index contributed by atoms with van der Waals surface area (Å²) in [6, 6.07) is 0. The van der Waals surface area contributed by atoms with Gasteiger partial charge in [0.2, 0.25) is 15.0 Å². The van der Waals surface area contributed by atoms with Crippen molar-refractivity contribution >= 4 is 33.2 Å². The van der Waals surface area contributed by atoms with E-state index in [-0.39, 0.29) is 5.16 Å². The van der Waals surface area contributed by atoms with Crippen molar-refractivity contribution in [3.63, 3.8) is 0 Å². The minimum atomic E-state index is -3.37. The molecule has 1 N–H and O–H groups in total. The highest BCUT2D eigenvalue weighted by Gasteiger charge is 2.12. The van der Waals surface area contributed by atoms with Crippen LogP contribution in [0.1, 0.15) is 5.56 Å². The third-order valence-electron chi connectivity index (χ3n) is 1.49. The van der Waals surface area contributed by atoms with Crippen molar-refractivity contribution in [3.8, 4) is 0 Å². The molecule has 14 heavy (non-hydrogen) atoms. The SMILES string of the molecule is CNc1nc(S(C)(=O)=O)ncc1C=S. The maximum Gasteiger partial charge on any atom is 0.248 e. The van der Waals surface area contributed by atoms with Gasteiger partial charge in [-0.25, -0.2) is 18.4 Å². The van der Waals surface area contributed by atoms with Crippen LogP contribution < -0.4 is 5.32 Å². The molecule has 0 spiro atoms. The first kappa shape index (κ1) is 11.0. The summed E-state index contributed by atoms with van der Waals surface area (Å²) in [4.78, 5) is 7.52. The van der Waals surface area contributed by atoms with Crippen LogP contribution in [0.3, 0.4) is 0 Å². The van der Waals surface area contributed by atoms with Gasteiger partial charge in [-0.1, -0.05) is 12.2 Å². The molecule has 1 aromatic heterocycles. The first-order valence-electron chi connectivity index (χ1n) is 3.69. The second-order valence-electron chi connectivity index (χ2n) is 2.60. The Morgan fingerprint density at radius 1 is 1.57 bits per heavy atom. The van der Waals surface area contributed by atoms with Crippen LogP contribution >= 0.6 is 12.2 Å². The van der Waals surface area contributed by atoms with Crippen molar-refractivity contribution in [1.82, 2.24) is 9.97 Å². The van der Waals surface area contributed by atoms with E-state index in [1.165, 1.54) is 11.6 Å². The average Bonchev–Trinajstić information content (AvgIpc) is 2.15. The fraction of sp³-hybridized carbons (Fsp3) is 0.286. The molecule has 1 rings (SSSR count). The van der Waals surface area contributed by atoms with E-state index in [0.717, 1.165) is 6.26 Å². The largest absolute Gasteiger partial charge is 0.372 e. The predicted molar refractivity (Wildman–Crippen MR) is 57.4 cm³/mol. The molecule has 0 atom stereocenters. The number of hydrogen-bond donors (Lipinski definition) is 1. The standard InChI is InChI=1S/C7H9N3O2S2/c1-8-6-5(4-13)3-9-7(10-6)14(2,11)12/h3-4H,1-2H3,(H,8,9,10). The molecular formula is C7H9N3O2S2. The fourth-order valence-corrected chi connectivity index (χ4v) is 1.51. The second kappa shape index (κ2) is 3.97. The molecule has 0 fully saturated rings. The zero-order valence-electron chi connectivity index (χ0n) is 7.68. The quantitative estimate of drug-likeness (QED) is 0.594. The normalized spacial score (nSPS) is 11.0. The lowest BCUT2D eigenvalue weighted by molar-refractivity contribution is 0.593. The first-order chi connectivity index (χ1) is 6.49. The van der Waals surface area contributed by atoms with Crippen molar-refractivity contribution in [1.29, 1.82) is 0 Å². The van der Waals surface area contributed by atoms with Gasteiger partial charge in [0.05, 0.1) is 0 Å². The summed E-state index contributed by atoms with van der Waals surface area (Å²) < 4.78 is 22.2. The zero-order valence-corrected chi connectivity index (χ0v) is 9.32. The number of nitrogens with one attached hydrogen (secondary N) is 1. The van der Waals surface area contributed by atoms with E-state index in [1.54, 1.807) is 7.05 Å². The molecule has 0 amide bonds. The van der Waals surface area contributed by atoms with Crippen LogP contribution in [0.4, 0.5) is 5.82 Å². The van der Waals surface area contributed by atoms with Gasteiger partial charge in [0.1, 0.15) is 5.82 Å². The number of thiocarbonyl (C=S) groups is 1. The molecule has 1 aromatic rings. The number of rotatable bonds is 3. The van der Waals surface area contributed by atoms with E-state index >= 15 is 0 Å². The number of aromatic nitrogens is 2. The van der Waals surface area contributed by atoms with Gasteiger partial charge in [0.25, 0.3) is 0 Å². The Hall–Kier alpha value is -1.08. The summed E-state index contributed by atoms with van der Waals surface area (Å²) in [6.07, 6.45) is 2.43. The average molecular weight is 231 g/mol. The van der Waals surface area contributed by atoms with Crippen LogP contribution in [0.15, 0.2) is 11.4 Å². The number of hydrogen-bond acceptors (Lipinski definition) is 6. The molecule has 0 aliphatic heterocycles. The van der Waals surface area contributed by atoms with E-state index in [4.69, 9.17) is 12.2 Å². The monoisotopic (exact) mass is 231 g/mol. The highest BCUT2D eigenvalue weighted by Crippen LogP contribution is 2.11. The zero-order chi connectivity index (χ0) is 10.8. The van der Waals surface area contributed by atoms with Gasteiger partial charge >= 0.3 is 0 Å². The van der Waals surface area contributed by atoms with Crippen molar-refractivity contribution in [2.75, 3.05) is 18.6 Å². The van der Waals surface area contributed by atoms with Crippen molar-refractivity contribution in [2.45, 2.75) is 5.16 Å². The molecule has 0 aliphatic carbocycles. The third kappa shape index (κ3) is 2.24. The lowest BCUT2D eigenvalue weighted by Gasteiger charge is -2.04. The molecule has 0 saturated carbocycles. The van der Waals surface area contributed by atoms with Gasteiger partial charge in [-0.2, -0.15) is 0 Å². The molecule has 0 radical (unpaired) electrons. The van der Waals surface area contributed by atoms with Crippen molar-refractivity contribution < 1.29 is 8.42 Å². The van der Waals surface area contributed by atoms with Gasteiger partial charge in [-0.05, 0) is 0 Å². The molecule has 5 nitrogen and oxygen atoms in total. The summed E-state index contributed by atoms with van der Waals surface area (Å²) in [5, 5.41) is 3.93. The van der Waals surface area contributed by atoms with E-state index in [2.05, 4.69) is 15.3 Å².